The SMILES string of the molecule is COc1ccc(C(O)C2CSC(C)C(C)S2)c(C)c1. The minimum Gasteiger partial charge on any atom is -0.497 e. The van der Waals surface area contributed by atoms with Gasteiger partial charge >= 0.3 is 0 Å². The Bertz CT molecular complexity index is 436. The Morgan fingerprint density at radius 2 is 2.05 bits per heavy atom. The first-order valence-corrected chi connectivity index (χ1v) is 8.61. The van der Waals surface area contributed by atoms with Crippen molar-refractivity contribution in [3.8, 4) is 5.75 Å². The topological polar surface area (TPSA) is 29.5 Å². The second-order valence-electron chi connectivity index (χ2n) is 5.09. The number of aliphatic hydroxyl groups is 1. The number of thioether (sulfide) groups is 2. The molecule has 1 N–H and O–H groups in total. The molecule has 2 rings (SSSR count). The summed E-state index contributed by atoms with van der Waals surface area (Å²) in [4.78, 5) is 0. The third kappa shape index (κ3) is 3.41. The van der Waals surface area contributed by atoms with Crippen molar-refractivity contribution in [3.05, 3.63) is 29.3 Å². The Balaban J connectivity index is 2.13. The van der Waals surface area contributed by atoms with Gasteiger partial charge in [-0.3, -0.25) is 0 Å². The molecule has 0 saturated carbocycles. The standard InChI is InChI=1S/C15H22O2S2/c1-9-7-12(17-4)5-6-13(9)15(16)14-8-18-10(2)11(3)19-14/h5-7,10-11,14-16H,8H2,1-4H3. The van der Waals surface area contributed by atoms with Crippen molar-refractivity contribution in [1.29, 1.82) is 0 Å². The smallest absolute Gasteiger partial charge is 0.119 e. The van der Waals surface area contributed by atoms with Crippen LogP contribution in [0.4, 0.5) is 0 Å². The Morgan fingerprint density at radius 3 is 2.63 bits per heavy atom. The zero-order valence-corrected chi connectivity index (χ0v) is 13.6. The Morgan fingerprint density at radius 1 is 1.32 bits per heavy atom. The number of rotatable bonds is 3. The molecule has 1 aromatic carbocycles. The third-order valence-electron chi connectivity index (χ3n) is 3.72. The Kier molecular flexibility index (Phi) is 5.09. The molecule has 0 amide bonds. The highest BCUT2D eigenvalue weighted by atomic mass is 32.2. The van der Waals surface area contributed by atoms with E-state index in [0.29, 0.717) is 10.5 Å². The van der Waals surface area contributed by atoms with Crippen molar-refractivity contribution >= 4 is 23.5 Å². The van der Waals surface area contributed by atoms with E-state index in [9.17, 15) is 5.11 Å². The zero-order chi connectivity index (χ0) is 14.0. The van der Waals surface area contributed by atoms with Crippen molar-refractivity contribution in [1.82, 2.24) is 0 Å². The average Bonchev–Trinajstić information content (AvgIpc) is 2.41. The number of hydrogen-bond acceptors (Lipinski definition) is 4. The van der Waals surface area contributed by atoms with Crippen LogP contribution < -0.4 is 4.74 Å². The van der Waals surface area contributed by atoms with E-state index in [4.69, 9.17) is 4.74 Å². The summed E-state index contributed by atoms with van der Waals surface area (Å²) >= 11 is 3.88. The predicted octanol–water partition coefficient (Wildman–Crippen LogP) is 3.66. The van der Waals surface area contributed by atoms with Crippen LogP contribution in [-0.2, 0) is 0 Å². The highest BCUT2D eigenvalue weighted by molar-refractivity contribution is 8.07. The summed E-state index contributed by atoms with van der Waals surface area (Å²) in [5.74, 6) is 1.86. The normalized spacial score (nSPS) is 29.0. The summed E-state index contributed by atoms with van der Waals surface area (Å²) in [6, 6.07) is 5.91. The van der Waals surface area contributed by atoms with Crippen LogP contribution in [-0.4, -0.2) is 33.7 Å². The van der Waals surface area contributed by atoms with Gasteiger partial charge in [0.05, 0.1) is 13.2 Å². The summed E-state index contributed by atoms with van der Waals surface area (Å²) in [7, 11) is 1.67. The fraction of sp³-hybridized carbons (Fsp3) is 0.600. The molecule has 4 atom stereocenters. The molecule has 1 saturated heterocycles. The van der Waals surface area contributed by atoms with Gasteiger partial charge in [-0.05, 0) is 30.2 Å². The molecule has 1 heterocycles. The van der Waals surface area contributed by atoms with Crippen LogP contribution >= 0.6 is 23.5 Å². The highest BCUT2D eigenvalue weighted by Crippen LogP contribution is 2.41. The molecule has 19 heavy (non-hydrogen) atoms. The van der Waals surface area contributed by atoms with E-state index in [2.05, 4.69) is 13.8 Å². The molecule has 106 valence electrons. The molecule has 4 unspecified atom stereocenters. The quantitative estimate of drug-likeness (QED) is 0.922. The van der Waals surface area contributed by atoms with Crippen LogP contribution in [0.5, 0.6) is 5.75 Å². The molecule has 0 radical (unpaired) electrons. The molecular formula is C15H22O2S2. The Labute approximate surface area is 124 Å². The van der Waals surface area contributed by atoms with Crippen molar-refractivity contribution < 1.29 is 9.84 Å². The van der Waals surface area contributed by atoms with Gasteiger partial charge in [0.15, 0.2) is 0 Å². The molecule has 2 nitrogen and oxygen atoms in total. The average molecular weight is 298 g/mol. The maximum atomic E-state index is 10.6. The van der Waals surface area contributed by atoms with E-state index in [1.54, 1.807) is 7.11 Å². The van der Waals surface area contributed by atoms with E-state index < -0.39 is 6.10 Å². The van der Waals surface area contributed by atoms with Gasteiger partial charge in [0.1, 0.15) is 5.75 Å². The van der Waals surface area contributed by atoms with Gasteiger partial charge in [-0.1, -0.05) is 19.9 Å². The molecule has 0 bridgehead atoms. The molecule has 1 aliphatic heterocycles. The minimum atomic E-state index is -0.390. The van der Waals surface area contributed by atoms with E-state index in [0.717, 1.165) is 22.6 Å². The maximum Gasteiger partial charge on any atom is 0.119 e. The van der Waals surface area contributed by atoms with Crippen LogP contribution in [0.15, 0.2) is 18.2 Å². The summed E-state index contributed by atoms with van der Waals surface area (Å²) in [6.07, 6.45) is -0.390. The van der Waals surface area contributed by atoms with Gasteiger partial charge in [-0.2, -0.15) is 23.5 Å². The van der Waals surface area contributed by atoms with Crippen LogP contribution in [0.25, 0.3) is 0 Å². The molecule has 0 spiro atoms. The fourth-order valence-electron chi connectivity index (χ4n) is 2.28. The van der Waals surface area contributed by atoms with Gasteiger partial charge in [-0.25, -0.2) is 0 Å². The molecule has 1 aliphatic rings. The lowest BCUT2D eigenvalue weighted by Crippen LogP contribution is -2.30. The second-order valence-corrected chi connectivity index (χ2v) is 8.12. The highest BCUT2D eigenvalue weighted by Gasteiger charge is 2.31. The van der Waals surface area contributed by atoms with E-state index in [-0.39, 0.29) is 5.25 Å². The van der Waals surface area contributed by atoms with E-state index in [1.807, 2.05) is 48.6 Å². The maximum absolute atomic E-state index is 10.6. The largest absolute Gasteiger partial charge is 0.497 e. The number of benzene rings is 1. The fourth-order valence-corrected chi connectivity index (χ4v) is 5.27. The summed E-state index contributed by atoms with van der Waals surface area (Å²) in [5, 5.41) is 12.2. The summed E-state index contributed by atoms with van der Waals surface area (Å²) in [5.41, 5.74) is 2.13. The first-order chi connectivity index (χ1) is 9.02. The van der Waals surface area contributed by atoms with Crippen LogP contribution in [0.3, 0.4) is 0 Å². The monoisotopic (exact) mass is 298 g/mol. The van der Waals surface area contributed by atoms with Gasteiger partial charge in [-0.15, -0.1) is 0 Å². The lowest BCUT2D eigenvalue weighted by atomic mass is 10.0. The van der Waals surface area contributed by atoms with Gasteiger partial charge in [0, 0.05) is 21.5 Å². The van der Waals surface area contributed by atoms with Crippen LogP contribution in [0, 0.1) is 6.92 Å². The first kappa shape index (κ1) is 15.1. The van der Waals surface area contributed by atoms with Crippen molar-refractivity contribution in [3.63, 3.8) is 0 Å². The lowest BCUT2D eigenvalue weighted by molar-refractivity contribution is 0.179. The third-order valence-corrected chi connectivity index (χ3v) is 7.20. The minimum absolute atomic E-state index is 0.281. The molecular weight excluding hydrogens is 276 g/mol. The number of methoxy groups -OCH3 is 1. The second kappa shape index (κ2) is 6.42. The summed E-state index contributed by atoms with van der Waals surface area (Å²) < 4.78 is 5.22. The van der Waals surface area contributed by atoms with Crippen molar-refractivity contribution in [2.24, 2.45) is 0 Å². The van der Waals surface area contributed by atoms with Crippen LogP contribution in [0.2, 0.25) is 0 Å². The zero-order valence-electron chi connectivity index (χ0n) is 11.9. The lowest BCUT2D eigenvalue weighted by Gasteiger charge is -2.34. The number of ether oxygens (including phenoxy) is 1. The Hall–Kier alpha value is -0.320. The van der Waals surface area contributed by atoms with E-state index in [1.165, 1.54) is 0 Å². The number of hydrogen-bond donors (Lipinski definition) is 1. The molecule has 1 aromatic rings. The van der Waals surface area contributed by atoms with Crippen LogP contribution in [0.1, 0.15) is 31.1 Å². The van der Waals surface area contributed by atoms with E-state index >= 15 is 0 Å². The van der Waals surface area contributed by atoms with Crippen molar-refractivity contribution in [2.75, 3.05) is 12.9 Å². The molecule has 0 aromatic heterocycles. The summed E-state index contributed by atoms with van der Waals surface area (Å²) in [6.45, 7) is 6.55. The number of aryl methyl sites for hydroxylation is 1. The molecule has 1 fully saturated rings. The molecule has 0 aliphatic carbocycles. The molecule has 4 heteroatoms. The predicted molar refractivity (Wildman–Crippen MR) is 85.5 cm³/mol. The van der Waals surface area contributed by atoms with Gasteiger partial charge < -0.3 is 9.84 Å². The van der Waals surface area contributed by atoms with Gasteiger partial charge in [0.25, 0.3) is 0 Å². The van der Waals surface area contributed by atoms with Gasteiger partial charge in [0.2, 0.25) is 0 Å². The first-order valence-electron chi connectivity index (χ1n) is 6.62. The van der Waals surface area contributed by atoms with Crippen molar-refractivity contribution in [2.45, 2.75) is 42.6 Å². The number of aliphatic hydroxyl groups excluding tert-OH is 1.